The second kappa shape index (κ2) is 4.86. The fourth-order valence-electron chi connectivity index (χ4n) is 4.38. The minimum atomic E-state index is -0.597. The van der Waals surface area contributed by atoms with Crippen molar-refractivity contribution in [1.82, 2.24) is 9.80 Å². The number of nitrogens with zero attached hydrogens (tertiary/aromatic N) is 2. The van der Waals surface area contributed by atoms with Gasteiger partial charge in [0.25, 0.3) is 5.91 Å². The van der Waals surface area contributed by atoms with Gasteiger partial charge >= 0.3 is 0 Å². The molecule has 0 aromatic heterocycles. The van der Waals surface area contributed by atoms with Crippen LogP contribution in [0.5, 0.6) is 11.5 Å². The molecule has 0 bridgehead atoms. The van der Waals surface area contributed by atoms with E-state index in [0.29, 0.717) is 62.8 Å². The van der Waals surface area contributed by atoms with Crippen LogP contribution in [-0.4, -0.2) is 66.3 Å². The summed E-state index contributed by atoms with van der Waals surface area (Å²) in [5.41, 5.74) is -0.0409. The van der Waals surface area contributed by atoms with Crippen molar-refractivity contribution in [1.29, 1.82) is 0 Å². The van der Waals surface area contributed by atoms with Crippen LogP contribution in [0, 0.1) is 0 Å². The summed E-state index contributed by atoms with van der Waals surface area (Å²) >= 11 is 0. The Morgan fingerprint density at radius 3 is 2.83 bits per heavy atom. The lowest BCUT2D eigenvalue weighted by molar-refractivity contribution is -0.136. The van der Waals surface area contributed by atoms with Gasteiger partial charge in [-0.3, -0.25) is 9.59 Å². The Bertz CT molecular complexity index is 736. The second-order valence-electron chi connectivity index (χ2n) is 6.57. The Kier molecular flexibility index (Phi) is 2.85. The van der Waals surface area contributed by atoms with Crippen molar-refractivity contribution in [2.45, 2.75) is 24.6 Å². The van der Waals surface area contributed by atoms with Crippen LogP contribution in [0.2, 0.25) is 0 Å². The summed E-state index contributed by atoms with van der Waals surface area (Å²) in [6, 6.07) is 5.05. The smallest absolute Gasteiger partial charge is 0.254 e. The van der Waals surface area contributed by atoms with Gasteiger partial charge in [0, 0.05) is 25.1 Å². The highest BCUT2D eigenvalue weighted by Crippen LogP contribution is 2.46. The van der Waals surface area contributed by atoms with Gasteiger partial charge < -0.3 is 24.0 Å². The van der Waals surface area contributed by atoms with E-state index in [9.17, 15) is 9.59 Å². The minimum Gasteiger partial charge on any atom is -0.486 e. The Morgan fingerprint density at radius 1 is 1.12 bits per heavy atom. The largest absolute Gasteiger partial charge is 0.486 e. The molecule has 2 amide bonds. The molecule has 3 saturated heterocycles. The van der Waals surface area contributed by atoms with Crippen molar-refractivity contribution >= 4 is 11.8 Å². The maximum Gasteiger partial charge on any atom is 0.254 e. The van der Waals surface area contributed by atoms with E-state index < -0.39 is 5.72 Å². The first-order chi connectivity index (χ1) is 11.7. The summed E-state index contributed by atoms with van der Waals surface area (Å²) in [5, 5.41) is 0. The molecule has 0 radical (unpaired) electrons. The normalized spacial score (nSPS) is 30.5. The predicted molar refractivity (Wildman–Crippen MR) is 81.9 cm³/mol. The van der Waals surface area contributed by atoms with Crippen LogP contribution in [0.25, 0.3) is 0 Å². The molecule has 7 heteroatoms. The molecule has 3 fully saturated rings. The molecule has 7 nitrogen and oxygen atoms in total. The van der Waals surface area contributed by atoms with Crippen LogP contribution < -0.4 is 9.47 Å². The van der Waals surface area contributed by atoms with Crippen LogP contribution in [0.3, 0.4) is 0 Å². The fraction of sp³-hybridized carbons (Fsp3) is 0.529. The molecule has 0 aliphatic carbocycles. The Balaban J connectivity index is 1.45. The zero-order valence-electron chi connectivity index (χ0n) is 13.2. The van der Waals surface area contributed by atoms with Gasteiger partial charge in [-0.05, 0) is 18.2 Å². The monoisotopic (exact) mass is 330 g/mol. The van der Waals surface area contributed by atoms with Crippen molar-refractivity contribution in [3.05, 3.63) is 23.8 Å². The number of fused-ring (bicyclic) bond motifs is 1. The van der Waals surface area contributed by atoms with Crippen LogP contribution in [-0.2, 0) is 9.53 Å². The summed E-state index contributed by atoms with van der Waals surface area (Å²) in [5.74, 6) is 1.26. The van der Waals surface area contributed by atoms with E-state index in [-0.39, 0.29) is 17.9 Å². The first kappa shape index (κ1) is 14.1. The molecule has 126 valence electrons. The number of amides is 2. The third kappa shape index (κ3) is 1.76. The molecule has 4 aliphatic rings. The van der Waals surface area contributed by atoms with Crippen LogP contribution in [0.4, 0.5) is 0 Å². The number of ether oxygens (including phenoxy) is 3. The zero-order chi connectivity index (χ0) is 16.3. The van der Waals surface area contributed by atoms with E-state index in [1.807, 2.05) is 4.90 Å². The SMILES string of the molecule is O=C(c1ccc2c(c1)OCCO2)N1CC[C@@]23OCCN2C(=O)C[C@@H]13. The summed E-state index contributed by atoms with van der Waals surface area (Å²) in [4.78, 5) is 28.8. The van der Waals surface area contributed by atoms with Gasteiger partial charge in [0.15, 0.2) is 17.2 Å². The van der Waals surface area contributed by atoms with E-state index in [1.54, 1.807) is 23.1 Å². The molecule has 0 N–H and O–H groups in total. The molecular formula is C17H18N2O5. The fourth-order valence-corrected chi connectivity index (χ4v) is 4.38. The van der Waals surface area contributed by atoms with E-state index in [4.69, 9.17) is 14.2 Å². The lowest BCUT2D eigenvalue weighted by Crippen LogP contribution is -2.48. The van der Waals surface area contributed by atoms with Crippen molar-refractivity contribution < 1.29 is 23.8 Å². The zero-order valence-corrected chi connectivity index (χ0v) is 13.2. The standard InChI is InChI=1S/C17H18N2O5/c20-15-10-14-17(19(15)5-6-24-17)3-4-18(14)16(21)11-1-2-12-13(9-11)23-8-7-22-12/h1-2,9,14H,3-8,10H2/t14-,17+/m1/s1. The molecule has 0 saturated carbocycles. The number of rotatable bonds is 1. The van der Waals surface area contributed by atoms with Crippen LogP contribution in [0.15, 0.2) is 18.2 Å². The lowest BCUT2D eigenvalue weighted by Gasteiger charge is -2.31. The molecule has 5 rings (SSSR count). The molecule has 1 spiro atoms. The highest BCUT2D eigenvalue weighted by Gasteiger charge is 2.62. The maximum atomic E-state index is 13.0. The quantitative estimate of drug-likeness (QED) is 0.755. The van der Waals surface area contributed by atoms with E-state index in [1.165, 1.54) is 0 Å². The van der Waals surface area contributed by atoms with Gasteiger partial charge in [0.1, 0.15) is 13.2 Å². The first-order valence-corrected chi connectivity index (χ1v) is 8.34. The molecule has 1 aromatic rings. The van der Waals surface area contributed by atoms with Gasteiger partial charge in [-0.2, -0.15) is 0 Å². The minimum absolute atomic E-state index is 0.0807. The Hall–Kier alpha value is -2.28. The third-order valence-electron chi connectivity index (χ3n) is 5.45. The molecule has 0 unspecified atom stereocenters. The lowest BCUT2D eigenvalue weighted by atomic mass is 10.1. The van der Waals surface area contributed by atoms with Gasteiger partial charge in [-0.15, -0.1) is 0 Å². The molecular weight excluding hydrogens is 312 g/mol. The van der Waals surface area contributed by atoms with E-state index in [0.717, 1.165) is 0 Å². The summed E-state index contributed by atoms with van der Waals surface area (Å²) in [6.45, 7) is 2.78. The molecule has 4 aliphatic heterocycles. The first-order valence-electron chi connectivity index (χ1n) is 8.34. The van der Waals surface area contributed by atoms with Gasteiger partial charge in [-0.1, -0.05) is 0 Å². The molecule has 1 aromatic carbocycles. The third-order valence-corrected chi connectivity index (χ3v) is 5.45. The number of hydrogen-bond donors (Lipinski definition) is 0. The van der Waals surface area contributed by atoms with Crippen molar-refractivity contribution in [2.75, 3.05) is 32.9 Å². The van der Waals surface area contributed by atoms with Crippen LogP contribution >= 0.6 is 0 Å². The average Bonchev–Trinajstić information content (AvgIpc) is 3.25. The van der Waals surface area contributed by atoms with Gasteiger partial charge in [0.2, 0.25) is 5.91 Å². The number of carbonyl (C=O) groups is 2. The average molecular weight is 330 g/mol. The molecule has 2 atom stereocenters. The Labute approximate surface area is 139 Å². The van der Waals surface area contributed by atoms with Gasteiger partial charge in [-0.25, -0.2) is 0 Å². The van der Waals surface area contributed by atoms with Gasteiger partial charge in [0.05, 0.1) is 19.1 Å². The summed E-state index contributed by atoms with van der Waals surface area (Å²) < 4.78 is 17.0. The maximum absolute atomic E-state index is 13.0. The molecule has 4 heterocycles. The van der Waals surface area contributed by atoms with E-state index in [2.05, 4.69) is 0 Å². The number of carbonyl (C=O) groups excluding carboxylic acids is 2. The topological polar surface area (TPSA) is 68.3 Å². The number of likely N-dealkylation sites (tertiary alicyclic amines) is 1. The summed E-state index contributed by atoms with van der Waals surface area (Å²) in [6.07, 6.45) is 1.02. The number of benzene rings is 1. The Morgan fingerprint density at radius 2 is 1.96 bits per heavy atom. The van der Waals surface area contributed by atoms with Crippen molar-refractivity contribution in [2.24, 2.45) is 0 Å². The highest BCUT2D eigenvalue weighted by molar-refractivity contribution is 5.96. The van der Waals surface area contributed by atoms with Crippen molar-refractivity contribution in [3.63, 3.8) is 0 Å². The highest BCUT2D eigenvalue weighted by atomic mass is 16.6. The number of hydrogen-bond acceptors (Lipinski definition) is 5. The second-order valence-corrected chi connectivity index (χ2v) is 6.57. The predicted octanol–water partition coefficient (Wildman–Crippen LogP) is 0.631. The van der Waals surface area contributed by atoms with E-state index >= 15 is 0 Å². The summed E-state index contributed by atoms with van der Waals surface area (Å²) in [7, 11) is 0. The van der Waals surface area contributed by atoms with Crippen molar-refractivity contribution in [3.8, 4) is 11.5 Å². The molecule has 24 heavy (non-hydrogen) atoms. The van der Waals surface area contributed by atoms with Crippen LogP contribution in [0.1, 0.15) is 23.2 Å².